The van der Waals surface area contributed by atoms with Crippen LogP contribution in [-0.2, 0) is 16.0 Å². The number of hydrogen-bond acceptors (Lipinski definition) is 4. The van der Waals surface area contributed by atoms with Crippen molar-refractivity contribution in [2.45, 2.75) is 32.4 Å². The second-order valence-corrected chi connectivity index (χ2v) is 8.95. The zero-order valence-electron chi connectivity index (χ0n) is 17.9. The Hall–Kier alpha value is -3.68. The highest BCUT2D eigenvalue weighted by molar-refractivity contribution is 5.97. The molecule has 3 heterocycles. The third-order valence-electron chi connectivity index (χ3n) is 6.32. The number of nitro groups is 1. The summed E-state index contributed by atoms with van der Waals surface area (Å²) < 4.78 is 0. The minimum atomic E-state index is -0.633. The van der Waals surface area contributed by atoms with Crippen LogP contribution in [-0.4, -0.2) is 50.7 Å². The van der Waals surface area contributed by atoms with Crippen molar-refractivity contribution in [2.75, 3.05) is 13.1 Å². The highest BCUT2D eigenvalue weighted by Crippen LogP contribution is 2.43. The fourth-order valence-corrected chi connectivity index (χ4v) is 5.07. The lowest BCUT2D eigenvalue weighted by molar-refractivity contribution is -0.384. The van der Waals surface area contributed by atoms with E-state index in [0.717, 1.165) is 22.2 Å². The van der Waals surface area contributed by atoms with Gasteiger partial charge >= 0.3 is 0 Å². The van der Waals surface area contributed by atoms with Crippen molar-refractivity contribution < 1.29 is 14.5 Å². The molecule has 0 spiro atoms. The molecular formula is C24H24N4O4. The Morgan fingerprint density at radius 2 is 1.94 bits per heavy atom. The molecule has 1 N–H and O–H groups in total. The van der Waals surface area contributed by atoms with Gasteiger partial charge in [-0.15, -0.1) is 0 Å². The molecule has 2 aliphatic heterocycles. The van der Waals surface area contributed by atoms with Crippen molar-refractivity contribution in [1.29, 1.82) is 0 Å². The number of carbonyl (C=O) groups excluding carboxylic acids is 2. The van der Waals surface area contributed by atoms with Crippen molar-refractivity contribution in [3.8, 4) is 0 Å². The Kier molecular flexibility index (Phi) is 4.73. The summed E-state index contributed by atoms with van der Waals surface area (Å²) in [5, 5.41) is 12.4. The smallest absolute Gasteiger partial charge is 0.269 e. The number of fused-ring (bicyclic) bond motifs is 4. The second-order valence-electron chi connectivity index (χ2n) is 8.95. The van der Waals surface area contributed by atoms with Crippen LogP contribution in [0.3, 0.4) is 0 Å². The minimum absolute atomic E-state index is 0.0223. The largest absolute Gasteiger partial charge is 0.356 e. The number of aromatic amines is 1. The molecule has 0 aliphatic carbocycles. The molecule has 8 nitrogen and oxygen atoms in total. The van der Waals surface area contributed by atoms with Gasteiger partial charge in [0, 0.05) is 41.7 Å². The normalized spacial score (nSPS) is 20.6. The number of rotatable bonds is 4. The Morgan fingerprint density at radius 3 is 2.69 bits per heavy atom. The van der Waals surface area contributed by atoms with E-state index in [1.807, 2.05) is 38.1 Å². The predicted octanol–water partition coefficient (Wildman–Crippen LogP) is 3.42. The molecule has 164 valence electrons. The van der Waals surface area contributed by atoms with Crippen LogP contribution in [0.5, 0.6) is 0 Å². The molecule has 2 aliphatic rings. The van der Waals surface area contributed by atoms with Gasteiger partial charge in [0.2, 0.25) is 11.8 Å². The predicted molar refractivity (Wildman–Crippen MR) is 119 cm³/mol. The van der Waals surface area contributed by atoms with Crippen molar-refractivity contribution >= 4 is 28.4 Å². The average Bonchev–Trinajstić information content (AvgIpc) is 3.14. The molecule has 1 fully saturated rings. The summed E-state index contributed by atoms with van der Waals surface area (Å²) in [4.78, 5) is 44.6. The summed E-state index contributed by atoms with van der Waals surface area (Å²) in [6.45, 7) is 4.59. The lowest BCUT2D eigenvalue weighted by atomic mass is 9.86. The van der Waals surface area contributed by atoms with E-state index in [1.165, 1.54) is 12.1 Å². The van der Waals surface area contributed by atoms with E-state index in [1.54, 1.807) is 21.9 Å². The summed E-state index contributed by atoms with van der Waals surface area (Å²) in [5.74, 6) is 0.0406. The fourth-order valence-electron chi connectivity index (χ4n) is 5.07. The van der Waals surface area contributed by atoms with Gasteiger partial charge in [-0.25, -0.2) is 0 Å². The lowest BCUT2D eigenvalue weighted by Gasteiger charge is -2.47. The molecule has 0 bridgehead atoms. The molecule has 1 saturated heterocycles. The monoisotopic (exact) mass is 432 g/mol. The number of nitrogens with zero attached hydrogens (tertiary/aromatic N) is 3. The van der Waals surface area contributed by atoms with Crippen molar-refractivity contribution in [3.05, 3.63) is 75.5 Å². The van der Waals surface area contributed by atoms with Crippen LogP contribution in [0.2, 0.25) is 0 Å². The van der Waals surface area contributed by atoms with E-state index < -0.39 is 17.0 Å². The number of nitrogens with one attached hydrogen (secondary N) is 1. The summed E-state index contributed by atoms with van der Waals surface area (Å²) in [6.07, 6.45) is 0.421. The number of hydrogen-bond donors (Lipinski definition) is 1. The van der Waals surface area contributed by atoms with E-state index >= 15 is 0 Å². The van der Waals surface area contributed by atoms with Gasteiger partial charge in [-0.3, -0.25) is 19.7 Å². The molecule has 0 radical (unpaired) electrons. The van der Waals surface area contributed by atoms with Gasteiger partial charge in [-0.2, -0.15) is 0 Å². The maximum atomic E-state index is 13.5. The first-order chi connectivity index (χ1) is 15.3. The van der Waals surface area contributed by atoms with Crippen LogP contribution < -0.4 is 0 Å². The SMILES string of the molecule is CC(C)CN1CC(=O)N2C(Cc3c([nH]c4ccccc34)C2c2cccc([N+](=O)[O-])c2)C1=O. The van der Waals surface area contributed by atoms with E-state index in [2.05, 4.69) is 4.98 Å². The number of aromatic nitrogens is 1. The van der Waals surface area contributed by atoms with E-state index in [9.17, 15) is 19.7 Å². The van der Waals surface area contributed by atoms with Gasteiger partial charge in [0.1, 0.15) is 6.04 Å². The average molecular weight is 432 g/mol. The quantitative estimate of drug-likeness (QED) is 0.504. The van der Waals surface area contributed by atoms with Crippen LogP contribution in [0.1, 0.15) is 36.7 Å². The number of piperazine rings is 1. The van der Waals surface area contributed by atoms with Crippen LogP contribution in [0.15, 0.2) is 48.5 Å². The first-order valence-corrected chi connectivity index (χ1v) is 10.8. The summed E-state index contributed by atoms with van der Waals surface area (Å²) in [5.41, 5.74) is 3.31. The zero-order valence-corrected chi connectivity index (χ0v) is 17.9. The Morgan fingerprint density at radius 1 is 1.16 bits per heavy atom. The van der Waals surface area contributed by atoms with Crippen LogP contribution >= 0.6 is 0 Å². The number of carbonyl (C=O) groups is 2. The summed E-state index contributed by atoms with van der Waals surface area (Å²) in [7, 11) is 0. The van der Waals surface area contributed by atoms with Crippen LogP contribution in [0.25, 0.3) is 10.9 Å². The molecule has 0 saturated carbocycles. The van der Waals surface area contributed by atoms with Gasteiger partial charge in [0.25, 0.3) is 5.69 Å². The van der Waals surface area contributed by atoms with E-state index in [4.69, 9.17) is 0 Å². The fraction of sp³-hybridized carbons (Fsp3) is 0.333. The molecule has 5 rings (SSSR count). The molecule has 2 atom stereocenters. The Labute approximate surface area is 185 Å². The number of nitro benzene ring substituents is 1. The number of amides is 2. The highest BCUT2D eigenvalue weighted by atomic mass is 16.6. The maximum absolute atomic E-state index is 13.5. The molecule has 2 unspecified atom stereocenters. The first-order valence-electron chi connectivity index (χ1n) is 10.8. The molecule has 32 heavy (non-hydrogen) atoms. The number of H-pyrrole nitrogens is 1. The molecular weight excluding hydrogens is 408 g/mol. The minimum Gasteiger partial charge on any atom is -0.356 e. The topological polar surface area (TPSA) is 99.6 Å². The zero-order chi connectivity index (χ0) is 22.6. The Balaban J connectivity index is 1.69. The van der Waals surface area contributed by atoms with Gasteiger partial charge in [0.05, 0.1) is 17.5 Å². The van der Waals surface area contributed by atoms with Crippen molar-refractivity contribution in [1.82, 2.24) is 14.8 Å². The van der Waals surface area contributed by atoms with Crippen molar-refractivity contribution in [2.24, 2.45) is 5.92 Å². The van der Waals surface area contributed by atoms with Crippen molar-refractivity contribution in [3.63, 3.8) is 0 Å². The first kappa shape index (κ1) is 20.2. The van der Waals surface area contributed by atoms with Gasteiger partial charge in [-0.1, -0.05) is 44.2 Å². The summed E-state index contributed by atoms with van der Waals surface area (Å²) in [6, 6.07) is 13.0. The summed E-state index contributed by atoms with van der Waals surface area (Å²) >= 11 is 0. The third-order valence-corrected chi connectivity index (χ3v) is 6.32. The molecule has 8 heteroatoms. The van der Waals surface area contributed by atoms with E-state index in [0.29, 0.717) is 18.5 Å². The standard InChI is InChI=1S/C24H24N4O4/c1-14(2)12-26-13-21(29)27-20(24(26)30)11-18-17-8-3-4-9-19(17)25-22(18)23(27)15-6-5-7-16(10-15)28(31)32/h3-10,14,20,23,25H,11-13H2,1-2H3. The maximum Gasteiger partial charge on any atom is 0.269 e. The van der Waals surface area contributed by atoms with Gasteiger partial charge in [0.15, 0.2) is 0 Å². The molecule has 2 amide bonds. The molecule has 1 aromatic heterocycles. The highest BCUT2D eigenvalue weighted by Gasteiger charge is 2.48. The molecule has 3 aromatic rings. The third kappa shape index (κ3) is 3.14. The van der Waals surface area contributed by atoms with E-state index in [-0.39, 0.29) is 30.0 Å². The Bertz CT molecular complexity index is 1250. The second kappa shape index (κ2) is 7.47. The van der Waals surface area contributed by atoms with Crippen LogP contribution in [0, 0.1) is 16.0 Å². The number of non-ortho nitro benzene ring substituents is 1. The van der Waals surface area contributed by atoms with Crippen LogP contribution in [0.4, 0.5) is 5.69 Å². The molecule has 2 aromatic carbocycles. The number of benzene rings is 2. The van der Waals surface area contributed by atoms with Gasteiger partial charge in [-0.05, 0) is 23.1 Å². The number of para-hydroxylation sites is 1. The van der Waals surface area contributed by atoms with Gasteiger partial charge < -0.3 is 14.8 Å². The lowest BCUT2D eigenvalue weighted by Crippen LogP contribution is -2.63.